The van der Waals surface area contributed by atoms with Crippen LogP contribution >= 0.6 is 0 Å². The Bertz CT molecular complexity index is 299. The fourth-order valence-electron chi connectivity index (χ4n) is 1.30. The molecule has 0 N–H and O–H groups in total. The summed E-state index contributed by atoms with van der Waals surface area (Å²) >= 11 is 0. The molecule has 4 nitrogen and oxygen atoms in total. The van der Waals surface area contributed by atoms with Gasteiger partial charge < -0.3 is 9.47 Å². The van der Waals surface area contributed by atoms with Crippen LogP contribution in [-0.4, -0.2) is 24.6 Å². The fraction of sp³-hybridized carbons (Fsp3) is 0.714. The van der Waals surface area contributed by atoms with Crippen LogP contribution in [0.25, 0.3) is 0 Å². The van der Waals surface area contributed by atoms with Gasteiger partial charge in [-0.1, -0.05) is 32.6 Å². The second-order valence-electron chi connectivity index (χ2n) is 4.16. The Balaban J connectivity index is 3.77. The second kappa shape index (κ2) is 9.52. The van der Waals surface area contributed by atoms with Crippen LogP contribution in [0.15, 0.2) is 0 Å². The molecule has 0 radical (unpaired) electrons. The van der Waals surface area contributed by atoms with Crippen LogP contribution in [0.3, 0.4) is 0 Å². The van der Waals surface area contributed by atoms with E-state index in [9.17, 15) is 9.59 Å². The Morgan fingerprint density at radius 2 is 1.72 bits per heavy atom. The van der Waals surface area contributed by atoms with Gasteiger partial charge in [0.2, 0.25) is 0 Å². The van der Waals surface area contributed by atoms with Gasteiger partial charge in [-0.2, -0.15) is 0 Å². The minimum Gasteiger partial charge on any atom is -0.465 e. The summed E-state index contributed by atoms with van der Waals surface area (Å²) in [6, 6.07) is 0. The number of esters is 2. The second-order valence-corrected chi connectivity index (χ2v) is 4.16. The molecule has 0 saturated carbocycles. The molecule has 102 valence electrons. The minimum absolute atomic E-state index is 0.00771. The highest BCUT2D eigenvalue weighted by molar-refractivity contribution is 5.77. The number of carbonyl (C=O) groups is 2. The topological polar surface area (TPSA) is 52.6 Å². The van der Waals surface area contributed by atoms with Gasteiger partial charge in [0.1, 0.15) is 0 Å². The van der Waals surface area contributed by atoms with E-state index in [2.05, 4.69) is 19.8 Å². The van der Waals surface area contributed by atoms with E-state index in [0.717, 1.165) is 12.8 Å². The highest BCUT2D eigenvalue weighted by Crippen LogP contribution is 2.08. The first-order valence-corrected chi connectivity index (χ1v) is 6.34. The van der Waals surface area contributed by atoms with Crippen LogP contribution in [0.4, 0.5) is 0 Å². The van der Waals surface area contributed by atoms with Crippen molar-refractivity contribution < 1.29 is 19.1 Å². The maximum absolute atomic E-state index is 11.4. The SMILES string of the molecule is C#CC(C)OC(=O)CCC(=O)OCC(CC)CC. The van der Waals surface area contributed by atoms with E-state index in [1.54, 1.807) is 6.92 Å². The van der Waals surface area contributed by atoms with Crippen LogP contribution < -0.4 is 0 Å². The van der Waals surface area contributed by atoms with Gasteiger partial charge in [-0.3, -0.25) is 9.59 Å². The van der Waals surface area contributed by atoms with E-state index in [1.807, 2.05) is 0 Å². The van der Waals surface area contributed by atoms with E-state index < -0.39 is 12.1 Å². The summed E-state index contributed by atoms with van der Waals surface area (Å²) in [4.78, 5) is 22.6. The maximum Gasteiger partial charge on any atom is 0.307 e. The van der Waals surface area contributed by atoms with Gasteiger partial charge in [-0.15, -0.1) is 6.42 Å². The van der Waals surface area contributed by atoms with Crippen molar-refractivity contribution in [3.8, 4) is 12.3 Å². The van der Waals surface area contributed by atoms with Crippen molar-refractivity contribution in [1.29, 1.82) is 0 Å². The molecule has 0 aliphatic carbocycles. The number of terminal acetylenes is 1. The molecule has 0 spiro atoms. The largest absolute Gasteiger partial charge is 0.465 e. The number of ether oxygens (including phenoxy) is 2. The highest BCUT2D eigenvalue weighted by Gasteiger charge is 2.12. The first-order chi connectivity index (χ1) is 8.53. The molecular formula is C14H22O4. The first-order valence-electron chi connectivity index (χ1n) is 6.34. The predicted molar refractivity (Wildman–Crippen MR) is 68.7 cm³/mol. The molecule has 18 heavy (non-hydrogen) atoms. The van der Waals surface area contributed by atoms with Gasteiger partial charge in [-0.25, -0.2) is 0 Å². The summed E-state index contributed by atoms with van der Waals surface area (Å²) in [5.41, 5.74) is 0. The molecule has 1 unspecified atom stereocenters. The van der Waals surface area contributed by atoms with Crippen molar-refractivity contribution in [1.82, 2.24) is 0 Å². The molecule has 0 aliphatic rings. The smallest absolute Gasteiger partial charge is 0.307 e. The quantitative estimate of drug-likeness (QED) is 0.492. The van der Waals surface area contributed by atoms with Gasteiger partial charge in [-0.05, 0) is 12.8 Å². The third kappa shape index (κ3) is 7.72. The third-order valence-corrected chi connectivity index (χ3v) is 2.71. The third-order valence-electron chi connectivity index (χ3n) is 2.71. The van der Waals surface area contributed by atoms with Crippen LogP contribution in [-0.2, 0) is 19.1 Å². The summed E-state index contributed by atoms with van der Waals surface area (Å²) in [5.74, 6) is 1.83. The molecule has 0 aromatic carbocycles. The summed E-state index contributed by atoms with van der Waals surface area (Å²) in [6.07, 6.45) is 6.51. The minimum atomic E-state index is -0.557. The lowest BCUT2D eigenvalue weighted by atomic mass is 10.1. The van der Waals surface area contributed by atoms with Crippen LogP contribution in [0.2, 0.25) is 0 Å². The average molecular weight is 254 g/mol. The van der Waals surface area contributed by atoms with Crippen molar-refractivity contribution in [2.24, 2.45) is 5.92 Å². The van der Waals surface area contributed by atoms with E-state index in [-0.39, 0.29) is 18.8 Å². The molecule has 4 heteroatoms. The molecule has 0 saturated heterocycles. The number of hydrogen-bond acceptors (Lipinski definition) is 4. The summed E-state index contributed by atoms with van der Waals surface area (Å²) in [7, 11) is 0. The van der Waals surface area contributed by atoms with Crippen LogP contribution in [0, 0.1) is 18.3 Å². The highest BCUT2D eigenvalue weighted by atomic mass is 16.5. The van der Waals surface area contributed by atoms with Gasteiger partial charge in [0.05, 0.1) is 19.4 Å². The molecule has 0 aliphatic heterocycles. The number of carbonyl (C=O) groups excluding carboxylic acids is 2. The zero-order valence-electron chi connectivity index (χ0n) is 11.4. The average Bonchev–Trinajstić information content (AvgIpc) is 2.37. The number of hydrogen-bond donors (Lipinski definition) is 0. The summed E-state index contributed by atoms with van der Waals surface area (Å²) < 4.78 is 9.92. The van der Waals surface area contributed by atoms with Gasteiger partial charge in [0, 0.05) is 0 Å². The van der Waals surface area contributed by atoms with E-state index in [4.69, 9.17) is 15.9 Å². The molecule has 0 amide bonds. The van der Waals surface area contributed by atoms with Crippen molar-refractivity contribution in [2.45, 2.75) is 52.6 Å². The normalized spacial score (nSPS) is 11.7. The van der Waals surface area contributed by atoms with E-state index >= 15 is 0 Å². The van der Waals surface area contributed by atoms with Gasteiger partial charge in [0.25, 0.3) is 0 Å². The van der Waals surface area contributed by atoms with Crippen LogP contribution in [0.1, 0.15) is 46.5 Å². The van der Waals surface area contributed by atoms with Crippen molar-refractivity contribution in [3.05, 3.63) is 0 Å². The molecule has 0 fully saturated rings. The standard InChI is InChI=1S/C14H22O4/c1-5-11(4)18-14(16)9-8-13(15)17-10-12(6-2)7-3/h1,11-12H,6-10H2,2-4H3. The lowest BCUT2D eigenvalue weighted by Crippen LogP contribution is -2.17. The molecule has 0 rings (SSSR count). The summed E-state index contributed by atoms with van der Waals surface area (Å²) in [6.45, 7) is 6.13. The van der Waals surface area contributed by atoms with Crippen molar-refractivity contribution in [3.63, 3.8) is 0 Å². The fourth-order valence-corrected chi connectivity index (χ4v) is 1.30. The lowest BCUT2D eigenvalue weighted by molar-refractivity contribution is -0.152. The van der Waals surface area contributed by atoms with Crippen molar-refractivity contribution >= 4 is 11.9 Å². The Hall–Kier alpha value is -1.50. The first kappa shape index (κ1) is 16.5. The van der Waals surface area contributed by atoms with Gasteiger partial charge >= 0.3 is 11.9 Å². The van der Waals surface area contributed by atoms with E-state index in [1.165, 1.54) is 0 Å². The molecule has 0 bridgehead atoms. The van der Waals surface area contributed by atoms with Crippen LogP contribution in [0.5, 0.6) is 0 Å². The Labute approximate surface area is 109 Å². The molecular weight excluding hydrogens is 232 g/mol. The Kier molecular flexibility index (Phi) is 8.73. The molecule has 0 aromatic heterocycles. The Morgan fingerprint density at radius 3 is 2.22 bits per heavy atom. The zero-order valence-corrected chi connectivity index (χ0v) is 11.4. The van der Waals surface area contributed by atoms with E-state index in [0.29, 0.717) is 12.5 Å². The predicted octanol–water partition coefficient (Wildman–Crippen LogP) is 2.31. The molecule has 0 aromatic rings. The molecule has 0 heterocycles. The summed E-state index contributed by atoms with van der Waals surface area (Å²) in [5, 5.41) is 0. The molecule has 1 atom stereocenters. The number of rotatable bonds is 8. The van der Waals surface area contributed by atoms with Gasteiger partial charge in [0.15, 0.2) is 6.10 Å². The maximum atomic E-state index is 11.4. The Morgan fingerprint density at radius 1 is 1.17 bits per heavy atom. The monoisotopic (exact) mass is 254 g/mol. The van der Waals surface area contributed by atoms with Crippen molar-refractivity contribution in [2.75, 3.05) is 6.61 Å². The lowest BCUT2D eigenvalue weighted by Gasteiger charge is -2.12. The zero-order chi connectivity index (χ0) is 14.0.